The summed E-state index contributed by atoms with van der Waals surface area (Å²) in [4.78, 5) is 7.34. The summed E-state index contributed by atoms with van der Waals surface area (Å²) < 4.78 is 21.1. The Hall–Kier alpha value is -2.22. The maximum Gasteiger partial charge on any atom is 0.306 e. The van der Waals surface area contributed by atoms with Gasteiger partial charge in [-0.15, -0.1) is 0 Å². The first-order valence-corrected chi connectivity index (χ1v) is 11.2. The van der Waals surface area contributed by atoms with Crippen LogP contribution in [-0.4, -0.2) is 52.7 Å². The molecule has 2 unspecified atom stereocenters. The van der Waals surface area contributed by atoms with Crippen LogP contribution in [0.4, 0.5) is 4.39 Å². The van der Waals surface area contributed by atoms with Crippen molar-refractivity contribution in [3.63, 3.8) is 0 Å². The van der Waals surface area contributed by atoms with E-state index in [1.807, 2.05) is 18.3 Å². The standard InChI is InChI=1S/C23H28FN5O/c24-18-3-1-16(2-4-18)21-22(29-11-12-30-23(29)27-21)17-5-8-25-20(13-17)26-19-14-28-9-6-15(19)7-10-28/h1-4,11-12,15,17,19-20,25-26H,5-10,13-14H2/t17?,19-,20?/m0/s1. The fourth-order valence-electron chi connectivity index (χ4n) is 5.72. The molecular weight excluding hydrogens is 381 g/mol. The lowest BCUT2D eigenvalue weighted by Gasteiger charge is -2.47. The summed E-state index contributed by atoms with van der Waals surface area (Å²) in [6.45, 7) is 4.67. The molecule has 7 heteroatoms. The summed E-state index contributed by atoms with van der Waals surface area (Å²) in [5.74, 6) is 1.54. The lowest BCUT2D eigenvalue weighted by molar-refractivity contribution is 0.0611. The molecule has 1 aromatic carbocycles. The first kappa shape index (κ1) is 18.5. The van der Waals surface area contributed by atoms with Gasteiger partial charge < -0.3 is 14.6 Å². The van der Waals surface area contributed by atoms with E-state index in [9.17, 15) is 4.39 Å². The van der Waals surface area contributed by atoms with Crippen molar-refractivity contribution in [1.82, 2.24) is 24.9 Å². The molecule has 0 saturated carbocycles. The highest BCUT2D eigenvalue weighted by atomic mass is 19.1. The zero-order chi connectivity index (χ0) is 20.1. The minimum Gasteiger partial charge on any atom is -0.432 e. The van der Waals surface area contributed by atoms with Crippen LogP contribution in [0.5, 0.6) is 0 Å². The molecule has 2 N–H and O–H groups in total. The van der Waals surface area contributed by atoms with E-state index in [0.717, 1.165) is 36.6 Å². The van der Waals surface area contributed by atoms with Gasteiger partial charge in [-0.1, -0.05) is 0 Å². The molecule has 4 saturated heterocycles. The molecule has 7 rings (SSSR count). The fraction of sp³-hybridized carbons (Fsp3) is 0.522. The minimum absolute atomic E-state index is 0.230. The molecule has 158 valence electrons. The minimum atomic E-state index is -0.230. The third-order valence-corrected chi connectivity index (χ3v) is 7.28. The van der Waals surface area contributed by atoms with Crippen LogP contribution < -0.4 is 10.6 Å². The topological polar surface area (TPSA) is 57.7 Å². The van der Waals surface area contributed by atoms with Gasteiger partial charge in [-0.05, 0) is 75.5 Å². The smallest absolute Gasteiger partial charge is 0.306 e. The van der Waals surface area contributed by atoms with Gasteiger partial charge in [0.15, 0.2) is 0 Å². The molecule has 0 amide bonds. The van der Waals surface area contributed by atoms with Crippen molar-refractivity contribution in [3.05, 3.63) is 48.2 Å². The van der Waals surface area contributed by atoms with Crippen LogP contribution in [0, 0.1) is 11.7 Å². The van der Waals surface area contributed by atoms with Gasteiger partial charge in [-0.3, -0.25) is 9.72 Å². The zero-order valence-corrected chi connectivity index (χ0v) is 17.1. The summed E-state index contributed by atoms with van der Waals surface area (Å²) in [6, 6.07) is 7.20. The normalized spacial score (nSPS) is 31.4. The van der Waals surface area contributed by atoms with Gasteiger partial charge in [0.1, 0.15) is 12.1 Å². The Morgan fingerprint density at radius 2 is 1.97 bits per heavy atom. The van der Waals surface area contributed by atoms with Gasteiger partial charge in [0, 0.05) is 30.3 Å². The molecule has 2 bridgehead atoms. The van der Waals surface area contributed by atoms with E-state index in [0.29, 0.717) is 24.0 Å². The third-order valence-electron chi connectivity index (χ3n) is 7.28. The van der Waals surface area contributed by atoms with Gasteiger partial charge in [-0.2, -0.15) is 4.98 Å². The second kappa shape index (κ2) is 7.48. The molecule has 0 radical (unpaired) electrons. The van der Waals surface area contributed by atoms with Crippen LogP contribution in [0.3, 0.4) is 0 Å². The molecule has 6 nitrogen and oxygen atoms in total. The number of hydrogen-bond acceptors (Lipinski definition) is 5. The quantitative estimate of drug-likeness (QED) is 0.693. The van der Waals surface area contributed by atoms with Crippen molar-refractivity contribution in [2.45, 2.75) is 43.8 Å². The second-order valence-corrected chi connectivity index (χ2v) is 9.05. The molecule has 3 aromatic rings. The molecule has 4 aliphatic heterocycles. The average molecular weight is 410 g/mol. The highest BCUT2D eigenvalue weighted by molar-refractivity contribution is 5.65. The Kier molecular flexibility index (Phi) is 4.62. The molecule has 3 atom stereocenters. The second-order valence-electron chi connectivity index (χ2n) is 9.05. The number of imidazole rings is 1. The van der Waals surface area contributed by atoms with Crippen LogP contribution in [0.1, 0.15) is 37.3 Å². The van der Waals surface area contributed by atoms with Crippen LogP contribution in [-0.2, 0) is 0 Å². The van der Waals surface area contributed by atoms with Gasteiger partial charge in [0.25, 0.3) is 0 Å². The van der Waals surface area contributed by atoms with Crippen molar-refractivity contribution in [2.75, 3.05) is 26.2 Å². The summed E-state index contributed by atoms with van der Waals surface area (Å²) in [5.41, 5.74) is 3.01. The molecule has 0 spiro atoms. The van der Waals surface area contributed by atoms with Crippen molar-refractivity contribution in [1.29, 1.82) is 0 Å². The van der Waals surface area contributed by atoms with Gasteiger partial charge in [0.05, 0.1) is 17.6 Å². The Labute approximate surface area is 175 Å². The van der Waals surface area contributed by atoms with E-state index in [4.69, 9.17) is 9.40 Å². The van der Waals surface area contributed by atoms with E-state index in [-0.39, 0.29) is 5.82 Å². The summed E-state index contributed by atoms with van der Waals surface area (Å²) >= 11 is 0. The molecule has 2 aromatic heterocycles. The van der Waals surface area contributed by atoms with Crippen LogP contribution in [0.15, 0.2) is 41.1 Å². The number of nitrogens with zero attached hydrogens (tertiary/aromatic N) is 3. The molecule has 6 heterocycles. The Morgan fingerprint density at radius 1 is 1.13 bits per heavy atom. The van der Waals surface area contributed by atoms with Gasteiger partial charge >= 0.3 is 5.84 Å². The highest BCUT2D eigenvalue weighted by Gasteiger charge is 2.36. The number of rotatable bonds is 4. The molecule has 4 fully saturated rings. The third kappa shape index (κ3) is 3.25. The van der Waals surface area contributed by atoms with E-state index in [2.05, 4.69) is 19.9 Å². The van der Waals surface area contributed by atoms with Crippen LogP contribution >= 0.6 is 0 Å². The first-order valence-electron chi connectivity index (χ1n) is 11.2. The SMILES string of the molecule is Fc1ccc(-c2nc3occn3c2C2CCNC(N[C@H]3CN4CCC3CC4)C2)cc1. The van der Waals surface area contributed by atoms with E-state index in [1.165, 1.54) is 50.3 Å². The van der Waals surface area contributed by atoms with Crippen molar-refractivity contribution in [2.24, 2.45) is 5.92 Å². The van der Waals surface area contributed by atoms with Crippen molar-refractivity contribution < 1.29 is 8.81 Å². The largest absolute Gasteiger partial charge is 0.432 e. The highest BCUT2D eigenvalue weighted by Crippen LogP contribution is 2.36. The number of fused-ring (bicyclic) bond motifs is 4. The number of nitrogens with one attached hydrogen (secondary N) is 2. The summed E-state index contributed by atoms with van der Waals surface area (Å²) in [7, 11) is 0. The number of aromatic nitrogens is 2. The van der Waals surface area contributed by atoms with Gasteiger partial charge in [-0.25, -0.2) is 4.39 Å². The average Bonchev–Trinajstić information content (AvgIpc) is 3.37. The monoisotopic (exact) mass is 409 g/mol. The zero-order valence-electron chi connectivity index (χ0n) is 17.1. The van der Waals surface area contributed by atoms with Crippen LogP contribution in [0.25, 0.3) is 17.1 Å². The van der Waals surface area contributed by atoms with E-state index in [1.54, 1.807) is 6.26 Å². The first-order chi connectivity index (χ1) is 14.7. The van der Waals surface area contributed by atoms with E-state index < -0.39 is 0 Å². The number of benzene rings is 1. The molecule has 4 aliphatic rings. The lowest BCUT2D eigenvalue weighted by atomic mass is 9.83. The number of oxazole rings is 1. The van der Waals surface area contributed by atoms with Crippen LogP contribution in [0.2, 0.25) is 0 Å². The number of halogens is 1. The lowest BCUT2D eigenvalue weighted by Crippen LogP contribution is -2.61. The number of hydrogen-bond donors (Lipinski definition) is 2. The van der Waals surface area contributed by atoms with E-state index >= 15 is 0 Å². The van der Waals surface area contributed by atoms with Crippen molar-refractivity contribution >= 4 is 5.84 Å². The molecular formula is C23H28FN5O. The predicted octanol–water partition coefficient (Wildman–Crippen LogP) is 3.21. The van der Waals surface area contributed by atoms with Gasteiger partial charge in [0.2, 0.25) is 0 Å². The Balaban J connectivity index is 1.27. The Bertz CT molecular complexity index is 1020. The van der Waals surface area contributed by atoms with Crippen molar-refractivity contribution in [3.8, 4) is 11.3 Å². The maximum absolute atomic E-state index is 13.5. The fourth-order valence-corrected chi connectivity index (χ4v) is 5.72. The Morgan fingerprint density at radius 3 is 2.73 bits per heavy atom. The number of piperidine rings is 4. The molecule has 0 aliphatic carbocycles. The predicted molar refractivity (Wildman–Crippen MR) is 113 cm³/mol. The maximum atomic E-state index is 13.5. The molecule has 30 heavy (non-hydrogen) atoms. The summed E-state index contributed by atoms with van der Waals surface area (Å²) in [5, 5.41) is 7.63. The summed E-state index contributed by atoms with van der Waals surface area (Å²) in [6.07, 6.45) is 8.63.